The summed E-state index contributed by atoms with van der Waals surface area (Å²) >= 11 is 1.91. The number of thiazole rings is 1. The van der Waals surface area contributed by atoms with Gasteiger partial charge in [-0.05, 0) is 44.9 Å². The first kappa shape index (κ1) is 15.4. The van der Waals surface area contributed by atoms with E-state index < -0.39 is 0 Å². The Hall–Kier alpha value is -0.450. The fourth-order valence-electron chi connectivity index (χ4n) is 3.43. The van der Waals surface area contributed by atoms with Crippen LogP contribution in [0.25, 0.3) is 0 Å². The maximum atomic E-state index is 5.88. The quantitative estimate of drug-likeness (QED) is 0.827. The number of hydrogen-bond donors (Lipinski definition) is 1. The number of aromatic nitrogens is 1. The SMILES string of the molecule is CCC(CC)(OC)c1nc2c(s1)CCCC2CNC1CC1. The predicted molar refractivity (Wildman–Crippen MR) is 88.1 cm³/mol. The summed E-state index contributed by atoms with van der Waals surface area (Å²) in [5.74, 6) is 0.614. The van der Waals surface area contributed by atoms with Crippen molar-refractivity contribution in [1.29, 1.82) is 0 Å². The van der Waals surface area contributed by atoms with E-state index in [1.165, 1.54) is 47.7 Å². The first-order chi connectivity index (χ1) is 10.2. The Morgan fingerprint density at radius 2 is 2.05 bits per heavy atom. The number of fused-ring (bicyclic) bond motifs is 1. The van der Waals surface area contributed by atoms with Crippen molar-refractivity contribution in [2.75, 3.05) is 13.7 Å². The van der Waals surface area contributed by atoms with E-state index >= 15 is 0 Å². The zero-order valence-corrected chi connectivity index (χ0v) is 14.4. The topological polar surface area (TPSA) is 34.1 Å². The van der Waals surface area contributed by atoms with Crippen molar-refractivity contribution in [3.05, 3.63) is 15.6 Å². The second-order valence-corrected chi connectivity index (χ2v) is 7.59. The molecule has 2 aliphatic carbocycles. The number of aryl methyl sites for hydroxylation is 1. The first-order valence-electron chi connectivity index (χ1n) is 8.51. The van der Waals surface area contributed by atoms with Crippen molar-refractivity contribution in [2.24, 2.45) is 0 Å². The molecule has 1 saturated carbocycles. The summed E-state index contributed by atoms with van der Waals surface area (Å²) < 4.78 is 5.88. The standard InChI is InChI=1S/C17H28N2OS/c1-4-17(5-2,20-3)16-19-15-12(11-18-13-9-10-13)7-6-8-14(15)21-16/h12-13,18H,4-11H2,1-3H3. The van der Waals surface area contributed by atoms with E-state index in [9.17, 15) is 0 Å². The minimum Gasteiger partial charge on any atom is -0.371 e. The number of nitrogens with one attached hydrogen (secondary N) is 1. The van der Waals surface area contributed by atoms with Crippen LogP contribution >= 0.6 is 11.3 Å². The highest BCUT2D eigenvalue weighted by atomic mass is 32.1. The van der Waals surface area contributed by atoms with Crippen LogP contribution in [0.5, 0.6) is 0 Å². The molecule has 1 aromatic heterocycles. The molecule has 0 bridgehead atoms. The molecule has 3 nitrogen and oxygen atoms in total. The Morgan fingerprint density at radius 3 is 2.67 bits per heavy atom. The smallest absolute Gasteiger partial charge is 0.125 e. The van der Waals surface area contributed by atoms with Crippen LogP contribution in [0, 0.1) is 0 Å². The van der Waals surface area contributed by atoms with Gasteiger partial charge in [0.05, 0.1) is 5.69 Å². The minimum absolute atomic E-state index is 0.170. The highest BCUT2D eigenvalue weighted by molar-refractivity contribution is 7.11. The lowest BCUT2D eigenvalue weighted by Gasteiger charge is -2.27. The van der Waals surface area contributed by atoms with Gasteiger partial charge in [0.25, 0.3) is 0 Å². The van der Waals surface area contributed by atoms with E-state index in [0.29, 0.717) is 5.92 Å². The minimum atomic E-state index is -0.170. The van der Waals surface area contributed by atoms with Crippen LogP contribution in [0.1, 0.15) is 73.9 Å². The molecule has 1 heterocycles. The van der Waals surface area contributed by atoms with Crippen molar-refractivity contribution >= 4 is 11.3 Å². The van der Waals surface area contributed by atoms with Crippen LogP contribution in [0.4, 0.5) is 0 Å². The summed E-state index contributed by atoms with van der Waals surface area (Å²) in [5, 5.41) is 4.90. The van der Waals surface area contributed by atoms with Crippen LogP contribution in [-0.2, 0) is 16.8 Å². The molecular formula is C17H28N2OS. The second-order valence-electron chi connectivity index (χ2n) is 6.50. The van der Waals surface area contributed by atoms with Gasteiger partial charge in [-0.1, -0.05) is 13.8 Å². The number of hydrogen-bond acceptors (Lipinski definition) is 4. The van der Waals surface area contributed by atoms with Crippen LogP contribution < -0.4 is 5.32 Å². The van der Waals surface area contributed by atoms with E-state index in [1.807, 2.05) is 18.4 Å². The second kappa shape index (κ2) is 6.35. The largest absolute Gasteiger partial charge is 0.371 e. The molecule has 3 rings (SSSR count). The first-order valence-corrected chi connectivity index (χ1v) is 9.32. The maximum Gasteiger partial charge on any atom is 0.125 e. The third kappa shape index (κ3) is 3.03. The van der Waals surface area contributed by atoms with Gasteiger partial charge in [-0.15, -0.1) is 11.3 Å². The molecule has 1 fully saturated rings. The summed E-state index contributed by atoms with van der Waals surface area (Å²) in [7, 11) is 1.83. The van der Waals surface area contributed by atoms with Gasteiger partial charge in [-0.3, -0.25) is 0 Å². The van der Waals surface area contributed by atoms with Crippen LogP contribution in [-0.4, -0.2) is 24.7 Å². The number of methoxy groups -OCH3 is 1. The molecule has 0 aromatic carbocycles. The van der Waals surface area contributed by atoms with Gasteiger partial charge >= 0.3 is 0 Å². The number of rotatable bonds is 7. The van der Waals surface area contributed by atoms with Crippen molar-refractivity contribution in [3.8, 4) is 0 Å². The van der Waals surface area contributed by atoms with Gasteiger partial charge in [-0.25, -0.2) is 4.98 Å². The Kier molecular flexibility index (Phi) is 4.67. The lowest BCUT2D eigenvalue weighted by atomic mass is 9.90. The van der Waals surface area contributed by atoms with Gasteiger partial charge in [-0.2, -0.15) is 0 Å². The third-order valence-electron chi connectivity index (χ3n) is 5.22. The fraction of sp³-hybridized carbons (Fsp3) is 0.824. The average Bonchev–Trinajstić information content (AvgIpc) is 3.24. The van der Waals surface area contributed by atoms with Crippen molar-refractivity contribution in [3.63, 3.8) is 0 Å². The summed E-state index contributed by atoms with van der Waals surface area (Å²) in [5.41, 5.74) is 1.20. The monoisotopic (exact) mass is 308 g/mol. The van der Waals surface area contributed by atoms with Gasteiger partial charge in [0.1, 0.15) is 10.6 Å². The maximum absolute atomic E-state index is 5.88. The number of nitrogens with zero attached hydrogens (tertiary/aromatic N) is 1. The van der Waals surface area contributed by atoms with Gasteiger partial charge in [0.15, 0.2) is 0 Å². The van der Waals surface area contributed by atoms with E-state index in [0.717, 1.165) is 25.4 Å². The summed E-state index contributed by atoms with van der Waals surface area (Å²) in [4.78, 5) is 6.58. The summed E-state index contributed by atoms with van der Waals surface area (Å²) in [6, 6.07) is 0.790. The summed E-state index contributed by atoms with van der Waals surface area (Å²) in [6.07, 6.45) is 8.52. The van der Waals surface area contributed by atoms with Gasteiger partial charge in [0, 0.05) is 30.5 Å². The molecular weight excluding hydrogens is 280 g/mol. The lowest BCUT2D eigenvalue weighted by molar-refractivity contribution is -0.0220. The van der Waals surface area contributed by atoms with E-state index in [1.54, 1.807) is 0 Å². The molecule has 1 aromatic rings. The fourth-order valence-corrected chi connectivity index (χ4v) is 4.92. The predicted octanol–water partition coefficient (Wildman–Crippen LogP) is 3.98. The molecule has 4 heteroatoms. The zero-order chi connectivity index (χ0) is 14.9. The Balaban J connectivity index is 1.82. The molecule has 0 radical (unpaired) electrons. The lowest BCUT2D eigenvalue weighted by Crippen LogP contribution is -2.27. The molecule has 1 N–H and O–H groups in total. The number of ether oxygens (including phenoxy) is 1. The Bertz CT molecular complexity index is 469. The highest BCUT2D eigenvalue weighted by Crippen LogP contribution is 2.41. The molecule has 1 unspecified atom stereocenters. The highest BCUT2D eigenvalue weighted by Gasteiger charge is 2.35. The molecule has 0 saturated heterocycles. The Labute approximate surface area is 132 Å². The van der Waals surface area contributed by atoms with Crippen LogP contribution in [0.2, 0.25) is 0 Å². The molecule has 2 aliphatic rings. The van der Waals surface area contributed by atoms with Crippen molar-refractivity contribution < 1.29 is 4.74 Å². The van der Waals surface area contributed by atoms with Crippen molar-refractivity contribution in [1.82, 2.24) is 10.3 Å². The molecule has 21 heavy (non-hydrogen) atoms. The zero-order valence-electron chi connectivity index (χ0n) is 13.6. The molecule has 0 aliphatic heterocycles. The molecule has 118 valence electrons. The summed E-state index contributed by atoms with van der Waals surface area (Å²) in [6.45, 7) is 5.53. The van der Waals surface area contributed by atoms with E-state index in [2.05, 4.69) is 19.2 Å². The Morgan fingerprint density at radius 1 is 1.29 bits per heavy atom. The normalized spacial score (nSPS) is 22.3. The van der Waals surface area contributed by atoms with Crippen LogP contribution in [0.3, 0.4) is 0 Å². The molecule has 0 spiro atoms. The van der Waals surface area contributed by atoms with Gasteiger partial charge in [0.2, 0.25) is 0 Å². The molecule has 1 atom stereocenters. The van der Waals surface area contributed by atoms with Crippen LogP contribution in [0.15, 0.2) is 0 Å². The third-order valence-corrected chi connectivity index (χ3v) is 6.54. The molecule has 0 amide bonds. The van der Waals surface area contributed by atoms with Gasteiger partial charge < -0.3 is 10.1 Å². The van der Waals surface area contributed by atoms with E-state index in [-0.39, 0.29) is 5.60 Å². The van der Waals surface area contributed by atoms with E-state index in [4.69, 9.17) is 9.72 Å². The average molecular weight is 308 g/mol. The van der Waals surface area contributed by atoms with Crippen molar-refractivity contribution in [2.45, 2.75) is 76.4 Å².